The Bertz CT molecular complexity index is 418. The van der Waals surface area contributed by atoms with E-state index in [0.29, 0.717) is 5.82 Å². The Hall–Kier alpha value is -1.58. The maximum absolute atomic E-state index is 5.67. The summed E-state index contributed by atoms with van der Waals surface area (Å²) in [5, 5.41) is 0. The van der Waals surface area contributed by atoms with E-state index in [9.17, 15) is 0 Å². The van der Waals surface area contributed by atoms with Crippen molar-refractivity contribution in [3.63, 3.8) is 0 Å². The predicted molar refractivity (Wildman–Crippen MR) is 52.3 cm³/mol. The first-order chi connectivity index (χ1) is 6.33. The summed E-state index contributed by atoms with van der Waals surface area (Å²) in [5.41, 5.74) is 8.66. The van der Waals surface area contributed by atoms with Gasteiger partial charge < -0.3 is 10.7 Å². The molecule has 0 fully saturated rings. The van der Waals surface area contributed by atoms with Crippen LogP contribution in [0.15, 0.2) is 12.5 Å². The summed E-state index contributed by atoms with van der Waals surface area (Å²) < 4.78 is 0. The number of aromatic amines is 1. The largest absolute Gasteiger partial charge is 0.382 e. The van der Waals surface area contributed by atoms with E-state index in [2.05, 4.69) is 21.9 Å². The molecule has 4 heteroatoms. The van der Waals surface area contributed by atoms with Crippen molar-refractivity contribution < 1.29 is 0 Å². The zero-order valence-electron chi connectivity index (χ0n) is 7.54. The van der Waals surface area contributed by atoms with Gasteiger partial charge >= 0.3 is 0 Å². The zero-order chi connectivity index (χ0) is 9.26. The van der Waals surface area contributed by atoms with Gasteiger partial charge in [-0.15, -0.1) is 0 Å². The minimum atomic E-state index is 0.496. The van der Waals surface area contributed by atoms with Crippen LogP contribution in [0.1, 0.15) is 18.9 Å². The number of nitrogens with two attached hydrogens (primary N) is 1. The minimum Gasteiger partial charge on any atom is -0.382 e. The molecule has 0 saturated heterocycles. The molecular formula is C9H12N4. The molecule has 0 atom stereocenters. The lowest BCUT2D eigenvalue weighted by Crippen LogP contribution is -1.95. The van der Waals surface area contributed by atoms with Gasteiger partial charge in [0.2, 0.25) is 0 Å². The third kappa shape index (κ3) is 1.24. The molecule has 3 N–H and O–H groups in total. The Kier molecular flexibility index (Phi) is 1.88. The topological polar surface area (TPSA) is 67.6 Å². The van der Waals surface area contributed by atoms with Crippen molar-refractivity contribution in [3.05, 3.63) is 18.1 Å². The number of hydrogen-bond donors (Lipinski definition) is 2. The molecule has 0 aromatic carbocycles. The van der Waals surface area contributed by atoms with Gasteiger partial charge in [0.25, 0.3) is 0 Å². The van der Waals surface area contributed by atoms with Crippen molar-refractivity contribution in [2.45, 2.75) is 19.8 Å². The molecule has 0 saturated carbocycles. The second kappa shape index (κ2) is 3.05. The van der Waals surface area contributed by atoms with Crippen LogP contribution in [0.3, 0.4) is 0 Å². The number of nitrogen functional groups attached to an aromatic ring is 1. The lowest BCUT2D eigenvalue weighted by atomic mass is 10.1. The normalized spacial score (nSPS) is 10.8. The molecule has 0 unspecified atom stereocenters. The summed E-state index contributed by atoms with van der Waals surface area (Å²) in [5.74, 6) is 0.496. The van der Waals surface area contributed by atoms with Crippen LogP contribution in [0.25, 0.3) is 11.0 Å². The number of imidazole rings is 1. The molecule has 2 aromatic rings. The molecule has 0 aliphatic rings. The van der Waals surface area contributed by atoms with Gasteiger partial charge in [-0.2, -0.15) is 0 Å². The van der Waals surface area contributed by atoms with Crippen LogP contribution < -0.4 is 5.73 Å². The lowest BCUT2D eigenvalue weighted by molar-refractivity contribution is 0.921. The first-order valence-corrected chi connectivity index (χ1v) is 4.39. The fourth-order valence-electron chi connectivity index (χ4n) is 1.47. The Balaban J connectivity index is 2.64. The predicted octanol–water partition coefficient (Wildman–Crippen LogP) is 1.49. The highest BCUT2D eigenvalue weighted by Crippen LogP contribution is 2.19. The van der Waals surface area contributed by atoms with Crippen LogP contribution in [0.2, 0.25) is 0 Å². The number of nitrogens with one attached hydrogen (secondary N) is 1. The Labute approximate surface area is 76.2 Å². The fraction of sp³-hybridized carbons (Fsp3) is 0.333. The molecule has 2 rings (SSSR count). The van der Waals surface area contributed by atoms with Gasteiger partial charge in [-0.3, -0.25) is 0 Å². The second-order valence-electron chi connectivity index (χ2n) is 3.04. The summed E-state index contributed by atoms with van der Waals surface area (Å²) in [4.78, 5) is 11.3. The van der Waals surface area contributed by atoms with Gasteiger partial charge in [0.1, 0.15) is 5.52 Å². The highest BCUT2D eigenvalue weighted by atomic mass is 14.9. The standard InChI is InChI=1S/C9H12N4/c1-2-3-6-4-11-9(10)8-7(6)12-5-13-8/h4-5H,2-3H2,1H3,(H2,10,11)(H,12,13). The van der Waals surface area contributed by atoms with Gasteiger partial charge in [0, 0.05) is 6.20 Å². The molecule has 68 valence electrons. The Morgan fingerprint density at radius 2 is 2.31 bits per heavy atom. The first kappa shape index (κ1) is 8.04. The number of anilines is 1. The van der Waals surface area contributed by atoms with Crippen LogP contribution in [-0.4, -0.2) is 15.0 Å². The lowest BCUT2D eigenvalue weighted by Gasteiger charge is -2.00. The van der Waals surface area contributed by atoms with E-state index in [0.717, 1.165) is 23.9 Å². The summed E-state index contributed by atoms with van der Waals surface area (Å²) in [7, 11) is 0. The number of H-pyrrole nitrogens is 1. The molecule has 0 aliphatic heterocycles. The number of pyridine rings is 1. The average Bonchev–Trinajstić information content (AvgIpc) is 2.59. The van der Waals surface area contributed by atoms with Crippen LogP contribution >= 0.6 is 0 Å². The molecule has 0 radical (unpaired) electrons. The van der Waals surface area contributed by atoms with Crippen molar-refractivity contribution in [3.8, 4) is 0 Å². The molecule has 0 aliphatic carbocycles. The second-order valence-corrected chi connectivity index (χ2v) is 3.04. The van der Waals surface area contributed by atoms with Crippen molar-refractivity contribution in [1.29, 1.82) is 0 Å². The van der Waals surface area contributed by atoms with E-state index in [-0.39, 0.29) is 0 Å². The highest BCUT2D eigenvalue weighted by Gasteiger charge is 2.06. The van der Waals surface area contributed by atoms with Crippen LogP contribution in [0.5, 0.6) is 0 Å². The number of nitrogens with zero attached hydrogens (tertiary/aromatic N) is 2. The number of hydrogen-bond acceptors (Lipinski definition) is 3. The number of fused-ring (bicyclic) bond motifs is 1. The van der Waals surface area contributed by atoms with Gasteiger partial charge in [-0.1, -0.05) is 13.3 Å². The molecule has 2 heterocycles. The van der Waals surface area contributed by atoms with Gasteiger partial charge in [-0.05, 0) is 12.0 Å². The molecule has 0 amide bonds. The molecule has 2 aromatic heterocycles. The van der Waals surface area contributed by atoms with E-state index in [1.165, 1.54) is 5.56 Å². The summed E-state index contributed by atoms with van der Waals surface area (Å²) in [6.07, 6.45) is 5.58. The van der Waals surface area contributed by atoms with Crippen molar-refractivity contribution in [1.82, 2.24) is 15.0 Å². The maximum atomic E-state index is 5.67. The Morgan fingerprint density at radius 1 is 1.46 bits per heavy atom. The van der Waals surface area contributed by atoms with Crippen LogP contribution in [0.4, 0.5) is 5.82 Å². The van der Waals surface area contributed by atoms with Crippen molar-refractivity contribution >= 4 is 16.9 Å². The molecular weight excluding hydrogens is 164 g/mol. The number of aryl methyl sites for hydroxylation is 1. The molecule has 13 heavy (non-hydrogen) atoms. The van der Waals surface area contributed by atoms with E-state index >= 15 is 0 Å². The third-order valence-corrected chi connectivity index (χ3v) is 2.08. The van der Waals surface area contributed by atoms with Crippen LogP contribution in [-0.2, 0) is 6.42 Å². The summed E-state index contributed by atoms with van der Waals surface area (Å²) in [6, 6.07) is 0. The average molecular weight is 176 g/mol. The number of rotatable bonds is 2. The van der Waals surface area contributed by atoms with Crippen molar-refractivity contribution in [2.75, 3.05) is 5.73 Å². The van der Waals surface area contributed by atoms with E-state index in [1.807, 2.05) is 6.20 Å². The van der Waals surface area contributed by atoms with Crippen molar-refractivity contribution in [2.24, 2.45) is 0 Å². The minimum absolute atomic E-state index is 0.496. The zero-order valence-corrected chi connectivity index (χ0v) is 7.54. The van der Waals surface area contributed by atoms with Gasteiger partial charge in [0.15, 0.2) is 5.82 Å². The van der Waals surface area contributed by atoms with E-state index in [4.69, 9.17) is 5.73 Å². The molecule has 4 nitrogen and oxygen atoms in total. The van der Waals surface area contributed by atoms with E-state index in [1.54, 1.807) is 6.33 Å². The quantitative estimate of drug-likeness (QED) is 0.728. The smallest absolute Gasteiger partial charge is 0.151 e. The summed E-state index contributed by atoms with van der Waals surface area (Å²) in [6.45, 7) is 2.14. The molecule has 0 bridgehead atoms. The first-order valence-electron chi connectivity index (χ1n) is 4.39. The third-order valence-electron chi connectivity index (χ3n) is 2.08. The fourth-order valence-corrected chi connectivity index (χ4v) is 1.47. The summed E-state index contributed by atoms with van der Waals surface area (Å²) >= 11 is 0. The van der Waals surface area contributed by atoms with Gasteiger partial charge in [-0.25, -0.2) is 9.97 Å². The maximum Gasteiger partial charge on any atom is 0.151 e. The molecule has 0 spiro atoms. The SMILES string of the molecule is CCCc1cnc(N)c2nc[nH]c12. The monoisotopic (exact) mass is 176 g/mol. The van der Waals surface area contributed by atoms with Crippen LogP contribution in [0, 0.1) is 0 Å². The van der Waals surface area contributed by atoms with E-state index < -0.39 is 0 Å². The van der Waals surface area contributed by atoms with Gasteiger partial charge in [0.05, 0.1) is 11.8 Å². The number of aromatic nitrogens is 3. The highest BCUT2D eigenvalue weighted by molar-refractivity contribution is 5.86. The Morgan fingerprint density at radius 3 is 3.08 bits per heavy atom.